The molecule has 1 atom stereocenters. The van der Waals surface area contributed by atoms with Crippen LogP contribution in [0.25, 0.3) is 11.0 Å². The Bertz CT molecular complexity index is 1630. The summed E-state index contributed by atoms with van der Waals surface area (Å²) in [5, 5.41) is 20.1. The smallest absolute Gasteiger partial charge is 0.339 e. The van der Waals surface area contributed by atoms with Crippen molar-refractivity contribution in [3.05, 3.63) is 76.6 Å². The van der Waals surface area contributed by atoms with Crippen molar-refractivity contribution in [3.63, 3.8) is 0 Å². The Balaban J connectivity index is 1.33. The van der Waals surface area contributed by atoms with Gasteiger partial charge in [0.2, 0.25) is 0 Å². The van der Waals surface area contributed by atoms with Gasteiger partial charge in [-0.05, 0) is 44.2 Å². The molecule has 12 nitrogen and oxygen atoms in total. The van der Waals surface area contributed by atoms with E-state index in [-0.39, 0.29) is 36.3 Å². The molecule has 42 heavy (non-hydrogen) atoms. The van der Waals surface area contributed by atoms with E-state index in [1.807, 2.05) is 17.0 Å². The third-order valence-corrected chi connectivity index (χ3v) is 7.44. The number of imidazole rings is 2. The average Bonchev–Trinajstić information content (AvgIpc) is 3.58. The van der Waals surface area contributed by atoms with Gasteiger partial charge in [-0.15, -0.1) is 0 Å². The quantitative estimate of drug-likeness (QED) is 0.121. The Morgan fingerprint density at radius 1 is 1.19 bits per heavy atom. The first-order valence-electron chi connectivity index (χ1n) is 13.9. The zero-order valence-electron chi connectivity index (χ0n) is 23.9. The Morgan fingerprint density at radius 3 is 2.76 bits per heavy atom. The van der Waals surface area contributed by atoms with E-state index in [0.29, 0.717) is 31.1 Å². The molecule has 2 aromatic heterocycles. The van der Waals surface area contributed by atoms with Crippen molar-refractivity contribution in [1.82, 2.24) is 29.7 Å². The summed E-state index contributed by atoms with van der Waals surface area (Å²) in [5.41, 5.74) is 4.19. The number of amides is 1. The number of aromatic carboxylic acids is 1. The Kier molecular flexibility index (Phi) is 8.53. The standard InChI is InChI=1S/C30H35N7O5/c1-18(27-33-22-10-12-36(19(2)31)17-24(22)34-27)28-35-23-9-8-20(16-25(23)37(28)13-15-41-3)29(38)32-11-14-42-26-7-5-4-6-21(26)30(39)40/h4-9,16,18,31H,10-15,17H2,1-3H3,(H,32,38)(H,33,34)(H,39,40). The van der Waals surface area contributed by atoms with Crippen molar-refractivity contribution in [1.29, 1.82) is 5.41 Å². The highest BCUT2D eigenvalue weighted by atomic mass is 16.5. The molecular weight excluding hydrogens is 538 g/mol. The summed E-state index contributed by atoms with van der Waals surface area (Å²) in [6, 6.07) is 11.8. The fourth-order valence-corrected chi connectivity index (χ4v) is 5.16. The van der Waals surface area contributed by atoms with Crippen LogP contribution in [0.15, 0.2) is 42.5 Å². The molecule has 12 heteroatoms. The maximum Gasteiger partial charge on any atom is 0.339 e. The third-order valence-electron chi connectivity index (χ3n) is 7.44. The number of aromatic nitrogens is 4. The number of amidine groups is 1. The number of carbonyl (C=O) groups is 2. The van der Waals surface area contributed by atoms with Crippen molar-refractivity contribution in [3.8, 4) is 5.75 Å². The van der Waals surface area contributed by atoms with Crippen molar-refractivity contribution in [2.24, 2.45) is 0 Å². The van der Waals surface area contributed by atoms with Gasteiger partial charge in [0.1, 0.15) is 29.6 Å². The number of benzene rings is 2. The van der Waals surface area contributed by atoms with Gasteiger partial charge in [0.05, 0.1) is 53.9 Å². The van der Waals surface area contributed by atoms with E-state index in [9.17, 15) is 14.7 Å². The van der Waals surface area contributed by atoms with E-state index in [2.05, 4.69) is 21.8 Å². The second-order valence-electron chi connectivity index (χ2n) is 10.2. The van der Waals surface area contributed by atoms with Gasteiger partial charge in [-0.25, -0.2) is 14.8 Å². The molecule has 1 aliphatic heterocycles. The number of fused-ring (bicyclic) bond motifs is 2. The summed E-state index contributed by atoms with van der Waals surface area (Å²) >= 11 is 0. The summed E-state index contributed by atoms with van der Waals surface area (Å²) in [4.78, 5) is 39.7. The van der Waals surface area contributed by atoms with Gasteiger partial charge in [0, 0.05) is 32.2 Å². The highest BCUT2D eigenvalue weighted by molar-refractivity contribution is 5.97. The maximum atomic E-state index is 13.0. The van der Waals surface area contributed by atoms with Crippen LogP contribution in [-0.4, -0.2) is 80.7 Å². The zero-order chi connectivity index (χ0) is 29.8. The van der Waals surface area contributed by atoms with E-state index in [0.717, 1.165) is 47.0 Å². The van der Waals surface area contributed by atoms with Gasteiger partial charge in [-0.3, -0.25) is 10.2 Å². The molecule has 1 unspecified atom stereocenters. The monoisotopic (exact) mass is 573 g/mol. The number of carboxylic acids is 1. The van der Waals surface area contributed by atoms with Gasteiger partial charge >= 0.3 is 5.97 Å². The molecule has 4 aromatic rings. The Labute approximate surface area is 243 Å². The minimum atomic E-state index is -1.07. The molecule has 1 aliphatic rings. The number of H-pyrrole nitrogens is 1. The lowest BCUT2D eigenvalue weighted by Crippen LogP contribution is -2.33. The lowest BCUT2D eigenvalue weighted by Gasteiger charge is -2.26. The first kappa shape index (κ1) is 28.8. The number of aromatic amines is 1. The van der Waals surface area contributed by atoms with Gasteiger partial charge < -0.3 is 34.3 Å². The summed E-state index contributed by atoms with van der Waals surface area (Å²) in [6.45, 7) is 6.62. The van der Waals surface area contributed by atoms with Gasteiger partial charge in [0.15, 0.2) is 0 Å². The lowest BCUT2D eigenvalue weighted by atomic mass is 10.1. The molecule has 0 saturated carbocycles. The first-order valence-corrected chi connectivity index (χ1v) is 13.9. The summed E-state index contributed by atoms with van der Waals surface area (Å²) in [7, 11) is 1.65. The van der Waals surface area contributed by atoms with E-state index in [1.54, 1.807) is 38.3 Å². The Morgan fingerprint density at radius 2 is 2.00 bits per heavy atom. The molecule has 220 valence electrons. The number of rotatable bonds is 11. The second-order valence-corrected chi connectivity index (χ2v) is 10.2. The van der Waals surface area contributed by atoms with Crippen LogP contribution in [0.3, 0.4) is 0 Å². The van der Waals surface area contributed by atoms with E-state index in [4.69, 9.17) is 24.9 Å². The molecular formula is C30H35N7O5. The predicted octanol–water partition coefficient (Wildman–Crippen LogP) is 3.42. The number of hydrogen-bond acceptors (Lipinski definition) is 7. The minimum Gasteiger partial charge on any atom is -0.491 e. The molecule has 4 N–H and O–H groups in total. The van der Waals surface area contributed by atoms with E-state index >= 15 is 0 Å². The normalized spacial score (nSPS) is 13.5. The van der Waals surface area contributed by atoms with Crippen molar-refractivity contribution >= 4 is 28.7 Å². The fraction of sp³-hybridized carbons (Fsp3) is 0.367. The number of para-hydroxylation sites is 1. The highest BCUT2D eigenvalue weighted by Crippen LogP contribution is 2.29. The third kappa shape index (κ3) is 5.98. The molecule has 0 spiro atoms. The average molecular weight is 574 g/mol. The van der Waals surface area contributed by atoms with Crippen LogP contribution in [0.1, 0.15) is 63.5 Å². The molecule has 5 rings (SSSR count). The van der Waals surface area contributed by atoms with Gasteiger partial charge in [0.25, 0.3) is 5.91 Å². The number of hydrogen-bond donors (Lipinski definition) is 4. The summed E-state index contributed by atoms with van der Waals surface area (Å²) in [6.07, 6.45) is 0.782. The summed E-state index contributed by atoms with van der Waals surface area (Å²) in [5.74, 6) is 0.949. The number of nitrogens with zero attached hydrogens (tertiary/aromatic N) is 4. The topological polar surface area (TPSA) is 158 Å². The van der Waals surface area contributed by atoms with Crippen LogP contribution < -0.4 is 10.1 Å². The summed E-state index contributed by atoms with van der Waals surface area (Å²) < 4.78 is 13.0. The fourth-order valence-electron chi connectivity index (χ4n) is 5.16. The van der Waals surface area contributed by atoms with Crippen LogP contribution in [-0.2, 0) is 24.2 Å². The van der Waals surface area contributed by atoms with Crippen molar-refractivity contribution in [2.75, 3.05) is 33.4 Å². The number of nitrogens with one attached hydrogen (secondary N) is 3. The highest BCUT2D eigenvalue weighted by Gasteiger charge is 2.26. The van der Waals surface area contributed by atoms with Crippen LogP contribution in [0.5, 0.6) is 5.75 Å². The van der Waals surface area contributed by atoms with Gasteiger partial charge in [-0.2, -0.15) is 0 Å². The molecule has 0 saturated heterocycles. The van der Waals surface area contributed by atoms with Crippen LogP contribution in [0.4, 0.5) is 0 Å². The molecule has 0 aliphatic carbocycles. The maximum absolute atomic E-state index is 13.0. The SMILES string of the molecule is COCCn1c(C(C)c2nc3c([nH]2)CN(C(C)=N)CC3)nc2ccc(C(=O)NCCOc3ccccc3C(=O)O)cc21. The molecule has 2 aromatic carbocycles. The predicted molar refractivity (Wildman–Crippen MR) is 156 cm³/mol. The van der Waals surface area contributed by atoms with Crippen LogP contribution >= 0.6 is 0 Å². The molecule has 0 fully saturated rings. The molecule has 3 heterocycles. The van der Waals surface area contributed by atoms with Crippen molar-refractivity contribution < 1.29 is 24.2 Å². The Hall–Kier alpha value is -4.71. The minimum absolute atomic E-state index is 0.0711. The molecule has 0 bridgehead atoms. The first-order chi connectivity index (χ1) is 20.3. The number of methoxy groups -OCH3 is 1. The lowest BCUT2D eigenvalue weighted by molar-refractivity contribution is 0.0691. The van der Waals surface area contributed by atoms with Crippen LogP contribution in [0, 0.1) is 5.41 Å². The molecule has 1 amide bonds. The number of carbonyl (C=O) groups excluding carboxylic acids is 1. The van der Waals surface area contributed by atoms with E-state index in [1.165, 1.54) is 6.07 Å². The van der Waals surface area contributed by atoms with Crippen LogP contribution in [0.2, 0.25) is 0 Å². The number of carboxylic acid groups (broad SMARTS) is 1. The van der Waals surface area contributed by atoms with E-state index < -0.39 is 5.97 Å². The largest absolute Gasteiger partial charge is 0.491 e. The number of ether oxygens (including phenoxy) is 2. The van der Waals surface area contributed by atoms with Crippen molar-refractivity contribution in [2.45, 2.75) is 39.3 Å². The zero-order valence-corrected chi connectivity index (χ0v) is 23.9. The van der Waals surface area contributed by atoms with Gasteiger partial charge in [-0.1, -0.05) is 12.1 Å². The second kappa shape index (κ2) is 12.4. The molecule has 0 radical (unpaired) electrons.